The van der Waals surface area contributed by atoms with Gasteiger partial charge in [-0.15, -0.1) is 24.8 Å². The van der Waals surface area contributed by atoms with Crippen LogP contribution in [-0.4, -0.2) is 74.0 Å². The van der Waals surface area contributed by atoms with Crippen LogP contribution >= 0.6 is 40.7 Å². The van der Waals surface area contributed by atoms with Gasteiger partial charge in [0.05, 0.1) is 0 Å². The molecule has 31 heavy (non-hydrogen) atoms. The van der Waals surface area contributed by atoms with E-state index >= 15 is 0 Å². The molecule has 4 rings (SSSR count). The van der Waals surface area contributed by atoms with Gasteiger partial charge in [-0.25, -0.2) is 0 Å². The van der Waals surface area contributed by atoms with E-state index < -0.39 is 0 Å². The average molecular weight is 593 g/mol. The monoisotopic (exact) mass is 591 g/mol. The molecule has 166 valence electrons. The zero-order chi connectivity index (χ0) is 20.4. The number of aldehydes is 1. The molecule has 11 heteroatoms. The van der Waals surface area contributed by atoms with E-state index in [1.165, 1.54) is 6.07 Å². The van der Waals surface area contributed by atoms with Crippen molar-refractivity contribution in [2.24, 2.45) is 5.92 Å². The summed E-state index contributed by atoms with van der Waals surface area (Å²) in [7, 11) is 0. The first-order valence-electron chi connectivity index (χ1n) is 9.41. The van der Waals surface area contributed by atoms with Crippen LogP contribution in [0.3, 0.4) is 0 Å². The minimum absolute atomic E-state index is 0. The van der Waals surface area contributed by atoms with Crippen molar-refractivity contribution < 1.29 is 9.18 Å². The number of hydrogen-bond acceptors (Lipinski definition) is 5. The summed E-state index contributed by atoms with van der Waals surface area (Å²) < 4.78 is 14.9. The number of piperazine rings is 1. The van der Waals surface area contributed by atoms with Gasteiger partial charge in [-0.3, -0.25) is 0 Å². The number of carbonyl (C=O) groups is 1. The Morgan fingerprint density at radius 1 is 1.19 bits per heavy atom. The molecule has 0 amide bonds. The second kappa shape index (κ2) is 11.6. The molecule has 6 nitrogen and oxygen atoms in total. The van der Waals surface area contributed by atoms with Gasteiger partial charge in [-0.2, -0.15) is 0 Å². The van der Waals surface area contributed by atoms with E-state index in [0.717, 1.165) is 49.3 Å². The summed E-state index contributed by atoms with van der Waals surface area (Å²) in [6.45, 7) is 3.23. The first-order valence-corrected chi connectivity index (χ1v) is 11.3. The van der Waals surface area contributed by atoms with Crippen LogP contribution in [-0.2, 0) is 11.2 Å². The third-order valence-corrected chi connectivity index (χ3v) is 7.33. The van der Waals surface area contributed by atoms with Crippen molar-refractivity contribution in [1.29, 1.82) is 0 Å². The van der Waals surface area contributed by atoms with E-state index in [1.54, 1.807) is 12.4 Å². The SMILES string of the molecule is Cl.Cl.O=CC(Cc1ccc(Br)cc1F)C([As])N1CCN(c2ncnc3[nH]ccc23)CC1. The Balaban J connectivity index is 0.00000171. The zero-order valence-electron chi connectivity index (χ0n) is 16.4. The summed E-state index contributed by atoms with van der Waals surface area (Å²) in [6, 6.07) is 6.98. The van der Waals surface area contributed by atoms with E-state index in [9.17, 15) is 9.18 Å². The standard InChI is InChI=1S/C20H20AsBrFN5O.2ClH/c21-18(14(11-29)9-13-1-2-15(22)10-17(13)23)27-5-7-28(8-6-27)20-16-3-4-24-19(16)25-12-26-20;;/h1-4,10-12,14,18H,5-9H2,(H,24,25,26);2*1H. The van der Waals surface area contributed by atoms with E-state index in [1.807, 2.05) is 18.3 Å². The summed E-state index contributed by atoms with van der Waals surface area (Å²) >= 11 is 5.87. The van der Waals surface area contributed by atoms with Gasteiger partial charge in [-0.05, 0) is 0 Å². The van der Waals surface area contributed by atoms with Gasteiger partial charge in [0.25, 0.3) is 0 Å². The van der Waals surface area contributed by atoms with Crippen molar-refractivity contribution in [3.63, 3.8) is 0 Å². The van der Waals surface area contributed by atoms with Gasteiger partial charge >= 0.3 is 186 Å². The molecule has 3 heterocycles. The van der Waals surface area contributed by atoms with Gasteiger partial charge in [0, 0.05) is 0 Å². The number of hydrogen-bond donors (Lipinski definition) is 1. The Labute approximate surface area is 209 Å². The zero-order valence-corrected chi connectivity index (χ0v) is 21.5. The minimum atomic E-state index is -0.285. The van der Waals surface area contributed by atoms with E-state index in [0.29, 0.717) is 16.5 Å². The molecule has 1 saturated heterocycles. The van der Waals surface area contributed by atoms with Crippen LogP contribution in [0, 0.1) is 11.7 Å². The molecule has 1 aliphatic rings. The Morgan fingerprint density at radius 3 is 2.61 bits per heavy atom. The molecule has 0 bridgehead atoms. The van der Waals surface area contributed by atoms with Gasteiger partial charge in [0.1, 0.15) is 0 Å². The van der Waals surface area contributed by atoms with Crippen LogP contribution in [0.25, 0.3) is 11.0 Å². The average Bonchev–Trinajstić information content (AvgIpc) is 3.22. The van der Waals surface area contributed by atoms with Gasteiger partial charge < -0.3 is 0 Å². The van der Waals surface area contributed by atoms with E-state index in [-0.39, 0.29) is 41.4 Å². The quantitative estimate of drug-likeness (QED) is 0.351. The number of nitrogens with zero attached hydrogens (tertiary/aromatic N) is 4. The molecular weight excluding hydrogens is 571 g/mol. The number of aromatic nitrogens is 3. The third-order valence-electron chi connectivity index (χ3n) is 5.35. The number of anilines is 1. The number of nitrogens with one attached hydrogen (secondary N) is 1. The van der Waals surface area contributed by atoms with Crippen LogP contribution in [0.5, 0.6) is 0 Å². The Bertz CT molecular complexity index is 1020. The molecular formula is C20H22AsBrCl2FN5O. The molecule has 0 aliphatic carbocycles. The summed E-state index contributed by atoms with van der Waals surface area (Å²) in [5.74, 6) is 0.365. The van der Waals surface area contributed by atoms with Gasteiger partial charge in [-0.1, -0.05) is 0 Å². The number of aromatic amines is 1. The Hall–Kier alpha value is -1.18. The van der Waals surface area contributed by atoms with Crippen LogP contribution < -0.4 is 4.90 Å². The second-order valence-electron chi connectivity index (χ2n) is 7.11. The fourth-order valence-electron chi connectivity index (χ4n) is 3.74. The number of carbonyl (C=O) groups excluding carboxylic acids is 1. The summed E-state index contributed by atoms with van der Waals surface area (Å²) in [5.41, 5.74) is 1.40. The normalized spacial score (nSPS) is 16.3. The molecule has 1 aromatic carbocycles. The molecule has 1 aliphatic heterocycles. The molecule has 2 aromatic heterocycles. The maximum absolute atomic E-state index is 14.2. The molecule has 0 saturated carbocycles. The molecule has 1 fully saturated rings. The predicted octanol–water partition coefficient (Wildman–Crippen LogP) is 3.38. The Morgan fingerprint density at radius 2 is 1.94 bits per heavy atom. The van der Waals surface area contributed by atoms with E-state index in [4.69, 9.17) is 0 Å². The fourth-order valence-corrected chi connectivity index (χ4v) is 4.93. The van der Waals surface area contributed by atoms with Crippen LogP contribution in [0.2, 0.25) is 0 Å². The first kappa shape index (κ1) is 26.1. The molecule has 1 N–H and O–H groups in total. The summed E-state index contributed by atoms with van der Waals surface area (Å²) in [4.78, 5) is 28.1. The molecule has 0 spiro atoms. The predicted molar refractivity (Wildman–Crippen MR) is 129 cm³/mol. The number of H-pyrrole nitrogens is 1. The topological polar surface area (TPSA) is 65.1 Å². The van der Waals surface area contributed by atoms with Gasteiger partial charge in [0.15, 0.2) is 0 Å². The second-order valence-corrected chi connectivity index (χ2v) is 9.14. The Kier molecular flexibility index (Phi) is 9.77. The summed E-state index contributed by atoms with van der Waals surface area (Å²) in [6.07, 6.45) is 4.78. The maximum atomic E-state index is 14.2. The van der Waals surface area contributed by atoms with Gasteiger partial charge in [0.2, 0.25) is 0 Å². The third kappa shape index (κ3) is 5.79. The van der Waals surface area contributed by atoms with Crippen molar-refractivity contribution in [3.05, 3.63) is 52.6 Å². The number of fused-ring (bicyclic) bond motifs is 1. The van der Waals surface area contributed by atoms with Crippen molar-refractivity contribution in [2.45, 2.75) is 11.3 Å². The van der Waals surface area contributed by atoms with Crippen molar-refractivity contribution in [1.82, 2.24) is 19.9 Å². The number of rotatable bonds is 6. The molecule has 2 atom stereocenters. The number of halogens is 4. The van der Waals surface area contributed by atoms with Crippen molar-refractivity contribution in [3.8, 4) is 0 Å². The van der Waals surface area contributed by atoms with E-state index in [2.05, 4.69) is 57.5 Å². The number of benzene rings is 1. The molecule has 2 unspecified atom stereocenters. The van der Waals surface area contributed by atoms with Crippen LogP contribution in [0.15, 0.2) is 41.3 Å². The van der Waals surface area contributed by atoms with Crippen LogP contribution in [0.4, 0.5) is 10.2 Å². The molecule has 2 radical (unpaired) electrons. The summed E-state index contributed by atoms with van der Waals surface area (Å²) in [5, 5.41) is 1.02. The van der Waals surface area contributed by atoms with Crippen molar-refractivity contribution >= 4 is 80.7 Å². The first-order chi connectivity index (χ1) is 14.1. The fraction of sp³-hybridized carbons (Fsp3) is 0.350. The van der Waals surface area contributed by atoms with Crippen molar-refractivity contribution in [2.75, 3.05) is 31.1 Å². The van der Waals surface area contributed by atoms with Crippen LogP contribution in [0.1, 0.15) is 5.56 Å². The molecule has 3 aromatic rings.